The maximum Gasteiger partial charge on any atom is 0.265 e. The molecule has 3 aromatic heterocycles. The van der Waals surface area contributed by atoms with E-state index >= 15 is 0 Å². The van der Waals surface area contributed by atoms with Gasteiger partial charge in [0, 0.05) is 28.9 Å². The standard InChI is InChI=1S/C18H14N4O2S2/c23-15(10-4-5-10)19-11-2-1-3-12(8-11)20-16(24)14-9-13-17(26-14)21-18-22(13)6-7-25-18/h1-3,6-10H,4-5H2,(H,19,23)(H,20,24). The monoisotopic (exact) mass is 382 g/mol. The van der Waals surface area contributed by atoms with Gasteiger partial charge in [0.25, 0.3) is 5.91 Å². The van der Waals surface area contributed by atoms with Gasteiger partial charge in [-0.1, -0.05) is 6.07 Å². The fourth-order valence-corrected chi connectivity index (χ4v) is 4.51. The molecule has 130 valence electrons. The minimum Gasteiger partial charge on any atom is -0.326 e. The molecule has 1 fully saturated rings. The number of amides is 2. The second-order valence-electron chi connectivity index (χ2n) is 6.27. The Morgan fingerprint density at radius 3 is 2.77 bits per heavy atom. The van der Waals surface area contributed by atoms with E-state index in [0.717, 1.165) is 28.1 Å². The van der Waals surface area contributed by atoms with Crippen LogP contribution in [0.5, 0.6) is 0 Å². The van der Waals surface area contributed by atoms with Gasteiger partial charge in [-0.25, -0.2) is 4.98 Å². The number of nitrogens with zero attached hydrogens (tertiary/aromatic N) is 2. The Morgan fingerprint density at radius 1 is 1.15 bits per heavy atom. The van der Waals surface area contributed by atoms with E-state index in [2.05, 4.69) is 15.6 Å². The van der Waals surface area contributed by atoms with Gasteiger partial charge in [-0.15, -0.1) is 22.7 Å². The zero-order chi connectivity index (χ0) is 17.7. The number of fused-ring (bicyclic) bond motifs is 3. The number of carbonyl (C=O) groups is 2. The molecule has 26 heavy (non-hydrogen) atoms. The van der Waals surface area contributed by atoms with E-state index in [0.29, 0.717) is 16.3 Å². The van der Waals surface area contributed by atoms with Crippen molar-refractivity contribution in [3.63, 3.8) is 0 Å². The number of benzene rings is 1. The Kier molecular flexibility index (Phi) is 3.54. The molecular weight excluding hydrogens is 368 g/mol. The highest BCUT2D eigenvalue weighted by molar-refractivity contribution is 7.21. The highest BCUT2D eigenvalue weighted by atomic mass is 32.1. The predicted molar refractivity (Wildman–Crippen MR) is 104 cm³/mol. The second-order valence-corrected chi connectivity index (χ2v) is 8.17. The maximum atomic E-state index is 12.6. The van der Waals surface area contributed by atoms with Gasteiger partial charge in [0.05, 0.1) is 10.4 Å². The Bertz CT molecular complexity index is 1150. The van der Waals surface area contributed by atoms with Crippen LogP contribution in [0.4, 0.5) is 11.4 Å². The van der Waals surface area contributed by atoms with Gasteiger partial charge in [0.1, 0.15) is 4.83 Å². The maximum absolute atomic E-state index is 12.6. The van der Waals surface area contributed by atoms with E-state index in [1.54, 1.807) is 17.4 Å². The van der Waals surface area contributed by atoms with Crippen molar-refractivity contribution in [3.8, 4) is 0 Å². The van der Waals surface area contributed by atoms with Crippen LogP contribution in [0.3, 0.4) is 0 Å². The summed E-state index contributed by atoms with van der Waals surface area (Å²) >= 11 is 2.95. The first-order chi connectivity index (χ1) is 12.7. The van der Waals surface area contributed by atoms with Crippen molar-refractivity contribution in [2.24, 2.45) is 5.92 Å². The lowest BCUT2D eigenvalue weighted by molar-refractivity contribution is -0.117. The van der Waals surface area contributed by atoms with Gasteiger partial charge in [-0.05, 0) is 37.1 Å². The van der Waals surface area contributed by atoms with Crippen molar-refractivity contribution in [2.75, 3.05) is 10.6 Å². The van der Waals surface area contributed by atoms with Crippen molar-refractivity contribution in [3.05, 3.63) is 46.8 Å². The number of thiophene rings is 1. The van der Waals surface area contributed by atoms with E-state index in [4.69, 9.17) is 0 Å². The Morgan fingerprint density at radius 2 is 1.96 bits per heavy atom. The normalized spacial score (nSPS) is 14.0. The summed E-state index contributed by atoms with van der Waals surface area (Å²) in [6.45, 7) is 0. The van der Waals surface area contributed by atoms with Crippen LogP contribution in [0, 0.1) is 5.92 Å². The molecule has 6 nitrogen and oxygen atoms in total. The number of hydrogen-bond donors (Lipinski definition) is 2. The van der Waals surface area contributed by atoms with E-state index in [1.165, 1.54) is 11.3 Å². The van der Waals surface area contributed by atoms with Crippen molar-refractivity contribution >= 4 is 61.2 Å². The largest absolute Gasteiger partial charge is 0.326 e. The molecule has 0 radical (unpaired) electrons. The SMILES string of the molecule is O=C(Nc1cccc(NC(=O)C2CC2)c1)c1cc2c(nc3sccn32)s1. The van der Waals surface area contributed by atoms with Gasteiger partial charge >= 0.3 is 0 Å². The minimum absolute atomic E-state index is 0.0494. The second kappa shape index (κ2) is 5.93. The lowest BCUT2D eigenvalue weighted by Crippen LogP contribution is -2.14. The van der Waals surface area contributed by atoms with Crippen LogP contribution >= 0.6 is 22.7 Å². The molecule has 0 saturated heterocycles. The lowest BCUT2D eigenvalue weighted by Gasteiger charge is -2.08. The first-order valence-electron chi connectivity index (χ1n) is 8.25. The topological polar surface area (TPSA) is 75.5 Å². The molecule has 2 amide bonds. The zero-order valence-electron chi connectivity index (χ0n) is 13.6. The number of imidazole rings is 1. The third kappa shape index (κ3) is 2.77. The molecule has 1 saturated carbocycles. The van der Waals surface area contributed by atoms with Gasteiger partial charge in [-0.2, -0.15) is 0 Å². The average Bonchev–Trinajstić information content (AvgIpc) is 3.11. The first kappa shape index (κ1) is 15.5. The molecule has 1 aliphatic carbocycles. The van der Waals surface area contributed by atoms with E-state index in [-0.39, 0.29) is 17.7 Å². The van der Waals surface area contributed by atoms with Crippen LogP contribution in [0.1, 0.15) is 22.5 Å². The number of rotatable bonds is 4. The van der Waals surface area contributed by atoms with E-state index in [1.807, 2.05) is 40.2 Å². The summed E-state index contributed by atoms with van der Waals surface area (Å²) in [5, 5.41) is 7.76. The van der Waals surface area contributed by atoms with E-state index in [9.17, 15) is 9.59 Å². The molecule has 0 spiro atoms. The number of anilines is 2. The van der Waals surface area contributed by atoms with Crippen molar-refractivity contribution in [1.82, 2.24) is 9.38 Å². The first-order valence-corrected chi connectivity index (χ1v) is 9.94. The average molecular weight is 382 g/mol. The molecule has 1 aliphatic rings. The van der Waals surface area contributed by atoms with Crippen LogP contribution in [-0.2, 0) is 4.79 Å². The summed E-state index contributed by atoms with van der Waals surface area (Å²) in [4.78, 5) is 31.4. The van der Waals surface area contributed by atoms with Crippen LogP contribution in [0.2, 0.25) is 0 Å². The molecule has 4 aromatic rings. The molecule has 0 unspecified atom stereocenters. The summed E-state index contributed by atoms with van der Waals surface area (Å²) in [6.07, 6.45) is 3.87. The summed E-state index contributed by atoms with van der Waals surface area (Å²) in [5.41, 5.74) is 2.29. The molecule has 0 atom stereocenters. The van der Waals surface area contributed by atoms with Crippen LogP contribution in [0.15, 0.2) is 41.9 Å². The Labute approximate surface area is 156 Å². The summed E-state index contributed by atoms with van der Waals surface area (Å²) < 4.78 is 1.99. The molecule has 0 bridgehead atoms. The summed E-state index contributed by atoms with van der Waals surface area (Å²) in [7, 11) is 0. The predicted octanol–water partition coefficient (Wildman–Crippen LogP) is 4.21. The summed E-state index contributed by atoms with van der Waals surface area (Å²) in [5.74, 6) is 0.0148. The molecule has 8 heteroatoms. The molecule has 3 heterocycles. The fraction of sp³-hybridized carbons (Fsp3) is 0.167. The van der Waals surface area contributed by atoms with Gasteiger partial charge in [0.2, 0.25) is 5.91 Å². The highest BCUT2D eigenvalue weighted by Gasteiger charge is 2.29. The molecule has 0 aliphatic heterocycles. The summed E-state index contributed by atoms with van der Waals surface area (Å²) in [6, 6.07) is 9.08. The minimum atomic E-state index is -0.178. The quantitative estimate of drug-likeness (QED) is 0.555. The molecule has 1 aromatic carbocycles. The van der Waals surface area contributed by atoms with Gasteiger partial charge in [-0.3, -0.25) is 14.0 Å². The Hall–Kier alpha value is -2.71. The van der Waals surface area contributed by atoms with Gasteiger partial charge in [0.15, 0.2) is 4.96 Å². The lowest BCUT2D eigenvalue weighted by atomic mass is 10.2. The third-order valence-electron chi connectivity index (χ3n) is 4.30. The number of nitrogens with one attached hydrogen (secondary N) is 2. The Balaban J connectivity index is 1.35. The fourth-order valence-electron chi connectivity index (χ4n) is 2.82. The number of carbonyl (C=O) groups excluding carboxylic acids is 2. The smallest absolute Gasteiger partial charge is 0.265 e. The van der Waals surface area contributed by atoms with Crippen LogP contribution in [-0.4, -0.2) is 21.2 Å². The third-order valence-corrected chi connectivity index (χ3v) is 6.07. The highest BCUT2D eigenvalue weighted by Crippen LogP contribution is 2.31. The molecule has 2 N–H and O–H groups in total. The van der Waals surface area contributed by atoms with Crippen LogP contribution in [0.25, 0.3) is 15.3 Å². The van der Waals surface area contributed by atoms with Crippen LogP contribution < -0.4 is 10.6 Å². The van der Waals surface area contributed by atoms with Crippen molar-refractivity contribution in [1.29, 1.82) is 0 Å². The van der Waals surface area contributed by atoms with Crippen molar-refractivity contribution in [2.45, 2.75) is 12.8 Å². The number of hydrogen-bond acceptors (Lipinski definition) is 5. The van der Waals surface area contributed by atoms with Gasteiger partial charge < -0.3 is 10.6 Å². The zero-order valence-corrected chi connectivity index (χ0v) is 15.2. The molecule has 5 rings (SSSR count). The van der Waals surface area contributed by atoms with Crippen molar-refractivity contribution < 1.29 is 9.59 Å². The number of aromatic nitrogens is 2. The number of thiazole rings is 1. The molecular formula is C18H14N4O2S2. The van der Waals surface area contributed by atoms with E-state index < -0.39 is 0 Å².